The summed E-state index contributed by atoms with van der Waals surface area (Å²) < 4.78 is 72.8. The van der Waals surface area contributed by atoms with Gasteiger partial charge in [0.05, 0.1) is 16.4 Å². The summed E-state index contributed by atoms with van der Waals surface area (Å²) in [6.07, 6.45) is -0.752. The lowest BCUT2D eigenvalue weighted by Crippen LogP contribution is -2.32. The maximum Gasteiger partial charge on any atom is 0.297 e. The molecule has 3 atom stereocenters. The van der Waals surface area contributed by atoms with Gasteiger partial charge in [-0.2, -0.15) is 16.8 Å². The van der Waals surface area contributed by atoms with E-state index in [1.165, 1.54) is 24.3 Å². The predicted octanol–water partition coefficient (Wildman–Crippen LogP) is 3.71. The van der Waals surface area contributed by atoms with Gasteiger partial charge in [0.1, 0.15) is 12.2 Å². The number of aryl methyl sites for hydroxylation is 2. The molecule has 2 aromatic carbocycles. The third-order valence-corrected chi connectivity index (χ3v) is 7.87. The zero-order valence-electron chi connectivity index (χ0n) is 19.0. The van der Waals surface area contributed by atoms with Crippen molar-refractivity contribution >= 4 is 20.2 Å². The van der Waals surface area contributed by atoms with E-state index in [9.17, 15) is 16.8 Å². The standard InChI is InChI=1S/C23H30O8S2/c1-4-5-14-28-23-15-21(31-33(26,27)20-12-8-18(3)9-13-20)22(30-23)16-29-32(24,25)19-10-6-17(2)7-11-19/h6-13,21-23H,4-5,14-16H2,1-3H3/t21-,22+,23?/m0/s1. The van der Waals surface area contributed by atoms with Crippen LogP contribution in [0, 0.1) is 13.8 Å². The van der Waals surface area contributed by atoms with E-state index in [-0.39, 0.29) is 16.2 Å². The Balaban J connectivity index is 1.73. The van der Waals surface area contributed by atoms with Crippen molar-refractivity contribution in [2.24, 2.45) is 0 Å². The molecule has 1 aliphatic heterocycles. The first-order chi connectivity index (χ1) is 15.6. The summed E-state index contributed by atoms with van der Waals surface area (Å²) in [7, 11) is -8.15. The highest BCUT2D eigenvalue weighted by Gasteiger charge is 2.41. The van der Waals surface area contributed by atoms with E-state index in [0.717, 1.165) is 24.0 Å². The van der Waals surface area contributed by atoms with E-state index in [2.05, 4.69) is 0 Å². The van der Waals surface area contributed by atoms with Crippen LogP contribution in [-0.4, -0.2) is 48.5 Å². The van der Waals surface area contributed by atoms with Crippen molar-refractivity contribution < 1.29 is 34.7 Å². The van der Waals surface area contributed by atoms with Gasteiger partial charge in [-0.3, -0.25) is 8.37 Å². The molecule has 33 heavy (non-hydrogen) atoms. The summed E-state index contributed by atoms with van der Waals surface area (Å²) >= 11 is 0. The highest BCUT2D eigenvalue weighted by Crippen LogP contribution is 2.29. The third kappa shape index (κ3) is 7.08. The topological polar surface area (TPSA) is 105 Å². The Morgan fingerprint density at radius 3 is 1.97 bits per heavy atom. The molecule has 0 amide bonds. The second kappa shape index (κ2) is 11.1. The van der Waals surface area contributed by atoms with Crippen LogP contribution in [0.3, 0.4) is 0 Å². The van der Waals surface area contributed by atoms with Gasteiger partial charge in [-0.25, -0.2) is 0 Å². The molecule has 1 aliphatic rings. The monoisotopic (exact) mass is 498 g/mol. The van der Waals surface area contributed by atoms with Gasteiger partial charge in [-0.05, 0) is 44.5 Å². The normalized spacial score (nSPS) is 21.4. The summed E-state index contributed by atoms with van der Waals surface area (Å²) in [5.74, 6) is 0. The first kappa shape index (κ1) is 25.8. The molecule has 0 aromatic heterocycles. The van der Waals surface area contributed by atoms with Gasteiger partial charge in [0.2, 0.25) is 0 Å². The van der Waals surface area contributed by atoms with E-state index in [1.807, 2.05) is 20.8 Å². The molecule has 0 spiro atoms. The average molecular weight is 499 g/mol. The summed E-state index contributed by atoms with van der Waals surface area (Å²) in [5.41, 5.74) is 1.82. The molecule has 0 N–H and O–H groups in total. The Morgan fingerprint density at radius 2 is 1.42 bits per heavy atom. The zero-order chi connectivity index (χ0) is 24.1. The number of unbranched alkanes of at least 4 members (excludes halogenated alkanes) is 1. The summed E-state index contributed by atoms with van der Waals surface area (Å²) in [6.45, 7) is 5.75. The number of ether oxygens (including phenoxy) is 2. The smallest absolute Gasteiger partial charge is 0.297 e. The zero-order valence-corrected chi connectivity index (χ0v) is 20.6. The molecule has 2 aromatic rings. The molecule has 1 unspecified atom stereocenters. The quantitative estimate of drug-likeness (QED) is 0.341. The van der Waals surface area contributed by atoms with Crippen molar-refractivity contribution in [3.05, 3.63) is 59.7 Å². The van der Waals surface area contributed by atoms with Gasteiger partial charge in [0.15, 0.2) is 6.29 Å². The molecule has 0 saturated carbocycles. The van der Waals surface area contributed by atoms with Crippen LogP contribution in [0.15, 0.2) is 58.3 Å². The third-order valence-electron chi connectivity index (χ3n) is 5.22. The van der Waals surface area contributed by atoms with Crippen molar-refractivity contribution in [1.29, 1.82) is 0 Å². The lowest BCUT2D eigenvalue weighted by atomic mass is 10.2. The van der Waals surface area contributed by atoms with Crippen molar-refractivity contribution in [3.63, 3.8) is 0 Å². The predicted molar refractivity (Wildman–Crippen MR) is 122 cm³/mol. The van der Waals surface area contributed by atoms with Crippen LogP contribution < -0.4 is 0 Å². The van der Waals surface area contributed by atoms with Crippen molar-refractivity contribution in [2.75, 3.05) is 13.2 Å². The Hall–Kier alpha value is -1.82. The van der Waals surface area contributed by atoms with E-state index in [0.29, 0.717) is 6.61 Å². The van der Waals surface area contributed by atoms with Crippen molar-refractivity contribution in [3.8, 4) is 0 Å². The van der Waals surface area contributed by atoms with Crippen molar-refractivity contribution in [2.45, 2.75) is 68.3 Å². The molecule has 0 bridgehead atoms. The van der Waals surface area contributed by atoms with Gasteiger partial charge >= 0.3 is 0 Å². The molecule has 182 valence electrons. The SMILES string of the molecule is CCCCOC1C[C@H](OS(=O)(=O)c2ccc(C)cc2)[C@@H](COS(=O)(=O)c2ccc(C)cc2)O1. The Morgan fingerprint density at radius 1 is 0.879 bits per heavy atom. The molecule has 10 heteroatoms. The molecule has 8 nitrogen and oxygen atoms in total. The van der Waals surface area contributed by atoms with E-state index < -0.39 is 45.3 Å². The van der Waals surface area contributed by atoms with E-state index >= 15 is 0 Å². The molecule has 1 fully saturated rings. The first-order valence-electron chi connectivity index (χ1n) is 10.8. The highest BCUT2D eigenvalue weighted by atomic mass is 32.2. The Bertz CT molecular complexity index is 1110. The highest BCUT2D eigenvalue weighted by molar-refractivity contribution is 7.87. The number of rotatable bonds is 11. The summed E-state index contributed by atoms with van der Waals surface area (Å²) in [4.78, 5) is 0.0157. The second-order valence-electron chi connectivity index (χ2n) is 8.02. The minimum Gasteiger partial charge on any atom is -0.353 e. The van der Waals surface area contributed by atoms with Crippen LogP contribution in [0.1, 0.15) is 37.3 Å². The fourth-order valence-electron chi connectivity index (χ4n) is 3.25. The summed E-state index contributed by atoms with van der Waals surface area (Å²) in [5, 5.41) is 0. The molecule has 0 radical (unpaired) electrons. The fraction of sp³-hybridized carbons (Fsp3) is 0.478. The first-order valence-corrected chi connectivity index (χ1v) is 13.7. The molecular formula is C23H30O8S2. The van der Waals surface area contributed by atoms with E-state index in [4.69, 9.17) is 17.8 Å². The molecule has 1 saturated heterocycles. The van der Waals surface area contributed by atoms with Crippen LogP contribution in [0.4, 0.5) is 0 Å². The van der Waals surface area contributed by atoms with Gasteiger partial charge in [0, 0.05) is 13.0 Å². The Kier molecular flexibility index (Phi) is 8.65. The average Bonchev–Trinajstić information content (AvgIpc) is 3.14. The fourth-order valence-corrected chi connectivity index (χ4v) is 5.27. The number of hydrogen-bond donors (Lipinski definition) is 0. The van der Waals surface area contributed by atoms with E-state index in [1.54, 1.807) is 24.3 Å². The Labute approximate surface area is 196 Å². The maximum absolute atomic E-state index is 12.8. The minimum absolute atomic E-state index is 0.00610. The van der Waals surface area contributed by atoms with Gasteiger partial charge in [0.25, 0.3) is 20.2 Å². The maximum atomic E-state index is 12.8. The van der Waals surface area contributed by atoms with Crippen LogP contribution in [-0.2, 0) is 38.1 Å². The van der Waals surface area contributed by atoms with Crippen LogP contribution in [0.2, 0.25) is 0 Å². The molecule has 3 rings (SSSR count). The van der Waals surface area contributed by atoms with Gasteiger partial charge < -0.3 is 9.47 Å². The van der Waals surface area contributed by atoms with Gasteiger partial charge in [-0.1, -0.05) is 48.7 Å². The lowest BCUT2D eigenvalue weighted by molar-refractivity contribution is -0.141. The largest absolute Gasteiger partial charge is 0.353 e. The minimum atomic E-state index is -4.09. The second-order valence-corrected chi connectivity index (χ2v) is 11.2. The summed E-state index contributed by atoms with van der Waals surface area (Å²) in [6, 6.07) is 12.5. The van der Waals surface area contributed by atoms with Crippen LogP contribution in [0.5, 0.6) is 0 Å². The number of hydrogen-bond acceptors (Lipinski definition) is 8. The molecule has 0 aliphatic carbocycles. The molecule has 1 heterocycles. The van der Waals surface area contributed by atoms with Crippen LogP contribution >= 0.6 is 0 Å². The van der Waals surface area contributed by atoms with Crippen molar-refractivity contribution in [1.82, 2.24) is 0 Å². The van der Waals surface area contributed by atoms with Crippen LogP contribution in [0.25, 0.3) is 0 Å². The molecular weight excluding hydrogens is 468 g/mol. The lowest BCUT2D eigenvalue weighted by Gasteiger charge is -2.18. The van der Waals surface area contributed by atoms with Gasteiger partial charge in [-0.15, -0.1) is 0 Å². The number of benzene rings is 2.